The summed E-state index contributed by atoms with van der Waals surface area (Å²) in [5.74, 6) is 0.776. The van der Waals surface area contributed by atoms with E-state index in [4.69, 9.17) is 0 Å². The van der Waals surface area contributed by atoms with Gasteiger partial charge in [0.15, 0.2) is 0 Å². The fourth-order valence-corrected chi connectivity index (χ4v) is 3.82. The van der Waals surface area contributed by atoms with Crippen molar-refractivity contribution in [2.75, 3.05) is 24.5 Å². The summed E-state index contributed by atoms with van der Waals surface area (Å²) in [5.41, 5.74) is 0.892. The molecule has 0 bridgehead atoms. The van der Waals surface area contributed by atoms with Gasteiger partial charge in [-0.15, -0.1) is 0 Å². The van der Waals surface area contributed by atoms with E-state index in [-0.39, 0.29) is 17.9 Å². The largest absolute Gasteiger partial charge is 0.338 e. The van der Waals surface area contributed by atoms with Crippen LogP contribution in [0.2, 0.25) is 0 Å². The summed E-state index contributed by atoms with van der Waals surface area (Å²) in [5, 5.41) is 4.39. The van der Waals surface area contributed by atoms with Gasteiger partial charge < -0.3 is 9.80 Å². The lowest BCUT2D eigenvalue weighted by Crippen LogP contribution is -2.52. The minimum atomic E-state index is 0.186. The van der Waals surface area contributed by atoms with Crippen molar-refractivity contribution in [1.82, 2.24) is 14.7 Å². The first kappa shape index (κ1) is 13.8. The topological polar surface area (TPSA) is 58.4 Å². The number of anilines is 1. The van der Waals surface area contributed by atoms with Crippen LogP contribution in [0.5, 0.6) is 0 Å². The van der Waals surface area contributed by atoms with Crippen molar-refractivity contribution < 1.29 is 9.59 Å². The highest BCUT2D eigenvalue weighted by molar-refractivity contribution is 5.95. The van der Waals surface area contributed by atoms with Crippen LogP contribution in [0, 0.1) is 5.92 Å². The highest BCUT2D eigenvalue weighted by Gasteiger charge is 2.37. The highest BCUT2D eigenvalue weighted by atomic mass is 16.2. The first-order valence-corrected chi connectivity index (χ1v) is 8.35. The molecule has 1 aromatic rings. The Morgan fingerprint density at radius 3 is 2.64 bits per heavy atom. The molecule has 2 amide bonds. The molecule has 1 saturated carbocycles. The van der Waals surface area contributed by atoms with Crippen molar-refractivity contribution in [3.63, 3.8) is 0 Å². The number of carbonyl (C=O) groups excluding carboxylic acids is 2. The summed E-state index contributed by atoms with van der Waals surface area (Å²) in [4.78, 5) is 27.8. The Balaban J connectivity index is 1.36. The first-order valence-electron chi connectivity index (χ1n) is 8.35. The van der Waals surface area contributed by atoms with Crippen molar-refractivity contribution in [3.8, 4) is 0 Å². The normalized spacial score (nSPS) is 23.4. The second-order valence-electron chi connectivity index (χ2n) is 6.71. The molecule has 0 radical (unpaired) electrons. The third-order valence-electron chi connectivity index (χ3n) is 5.23. The number of carbonyl (C=O) groups is 2. The minimum absolute atomic E-state index is 0.186. The molecule has 6 heteroatoms. The summed E-state index contributed by atoms with van der Waals surface area (Å²) < 4.78 is 1.92. The summed E-state index contributed by atoms with van der Waals surface area (Å²) in [7, 11) is 0. The van der Waals surface area contributed by atoms with Crippen LogP contribution in [-0.4, -0.2) is 46.1 Å². The zero-order valence-electron chi connectivity index (χ0n) is 12.8. The third-order valence-corrected chi connectivity index (χ3v) is 5.23. The van der Waals surface area contributed by atoms with E-state index in [1.54, 1.807) is 6.20 Å². The standard InChI is InChI=1S/C16H22N4O2/c21-15-6-3-7-19(15)13-8-17-20(11-13)14-9-18(10-14)16(22)12-4-1-2-5-12/h8,11-12,14H,1-7,9-10H2. The molecule has 1 aliphatic carbocycles. The van der Waals surface area contributed by atoms with Gasteiger partial charge in [-0.05, 0) is 19.3 Å². The van der Waals surface area contributed by atoms with E-state index in [0.717, 1.165) is 44.6 Å². The molecule has 0 spiro atoms. The summed E-state index contributed by atoms with van der Waals surface area (Å²) in [6.45, 7) is 2.30. The molecular formula is C16H22N4O2. The number of rotatable bonds is 3. The van der Waals surface area contributed by atoms with Gasteiger partial charge in [-0.2, -0.15) is 5.10 Å². The lowest BCUT2D eigenvalue weighted by molar-refractivity contribution is -0.141. The molecule has 118 valence electrons. The summed E-state index contributed by atoms with van der Waals surface area (Å²) in [6, 6.07) is 0.261. The quantitative estimate of drug-likeness (QED) is 0.852. The second-order valence-corrected chi connectivity index (χ2v) is 6.71. The molecule has 3 fully saturated rings. The van der Waals surface area contributed by atoms with Crippen LogP contribution in [0.1, 0.15) is 44.6 Å². The number of nitrogens with zero attached hydrogens (tertiary/aromatic N) is 4. The molecule has 6 nitrogen and oxygen atoms in total. The molecule has 2 saturated heterocycles. The van der Waals surface area contributed by atoms with Gasteiger partial charge in [0, 0.05) is 38.2 Å². The third kappa shape index (κ3) is 2.30. The number of hydrogen-bond acceptors (Lipinski definition) is 3. The van der Waals surface area contributed by atoms with Gasteiger partial charge in [0.1, 0.15) is 0 Å². The monoisotopic (exact) mass is 302 g/mol. The Bertz CT molecular complexity index is 585. The van der Waals surface area contributed by atoms with Crippen LogP contribution in [0.25, 0.3) is 0 Å². The maximum absolute atomic E-state index is 12.3. The Labute approximate surface area is 130 Å². The van der Waals surface area contributed by atoms with E-state index < -0.39 is 0 Å². The Morgan fingerprint density at radius 2 is 1.95 bits per heavy atom. The van der Waals surface area contributed by atoms with Crippen LogP contribution in [0.15, 0.2) is 12.4 Å². The minimum Gasteiger partial charge on any atom is -0.338 e. The highest BCUT2D eigenvalue weighted by Crippen LogP contribution is 2.31. The first-order chi connectivity index (χ1) is 10.7. The maximum atomic E-state index is 12.3. The van der Waals surface area contributed by atoms with E-state index in [1.165, 1.54) is 12.8 Å². The zero-order valence-corrected chi connectivity index (χ0v) is 12.8. The zero-order chi connectivity index (χ0) is 15.1. The maximum Gasteiger partial charge on any atom is 0.227 e. The van der Waals surface area contributed by atoms with Crippen LogP contribution >= 0.6 is 0 Å². The molecule has 0 atom stereocenters. The fourth-order valence-electron chi connectivity index (χ4n) is 3.82. The molecule has 0 unspecified atom stereocenters. The summed E-state index contributed by atoms with van der Waals surface area (Å²) >= 11 is 0. The van der Waals surface area contributed by atoms with Crippen LogP contribution in [0.4, 0.5) is 5.69 Å². The van der Waals surface area contributed by atoms with Gasteiger partial charge in [-0.25, -0.2) is 0 Å². The van der Waals surface area contributed by atoms with Crippen molar-refractivity contribution in [2.24, 2.45) is 5.92 Å². The average Bonchev–Trinajstić information content (AvgIpc) is 3.16. The van der Waals surface area contributed by atoms with E-state index in [2.05, 4.69) is 5.10 Å². The average molecular weight is 302 g/mol. The molecule has 3 heterocycles. The van der Waals surface area contributed by atoms with E-state index in [9.17, 15) is 9.59 Å². The number of hydrogen-bond donors (Lipinski definition) is 0. The van der Waals surface area contributed by atoms with Crippen molar-refractivity contribution in [1.29, 1.82) is 0 Å². The second kappa shape index (κ2) is 5.41. The molecular weight excluding hydrogens is 280 g/mol. The van der Waals surface area contributed by atoms with E-state index in [0.29, 0.717) is 12.3 Å². The van der Waals surface area contributed by atoms with E-state index >= 15 is 0 Å². The van der Waals surface area contributed by atoms with E-state index in [1.807, 2.05) is 20.7 Å². The lowest BCUT2D eigenvalue weighted by atomic mass is 10.0. The molecule has 0 N–H and O–H groups in total. The van der Waals surface area contributed by atoms with Crippen molar-refractivity contribution in [2.45, 2.75) is 44.6 Å². The Kier molecular flexibility index (Phi) is 3.39. The molecule has 2 aliphatic heterocycles. The molecule has 0 aromatic carbocycles. The SMILES string of the molecule is O=C(C1CCCC1)N1CC(n2cc(N3CCCC3=O)cn2)C1. The van der Waals surface area contributed by atoms with Gasteiger partial charge >= 0.3 is 0 Å². The number of likely N-dealkylation sites (tertiary alicyclic amines) is 1. The van der Waals surface area contributed by atoms with Gasteiger partial charge in [0.2, 0.25) is 11.8 Å². The smallest absolute Gasteiger partial charge is 0.227 e. The van der Waals surface area contributed by atoms with Crippen molar-refractivity contribution >= 4 is 17.5 Å². The lowest BCUT2D eigenvalue weighted by Gasteiger charge is -2.40. The van der Waals surface area contributed by atoms with Gasteiger partial charge in [-0.1, -0.05) is 12.8 Å². The molecule has 4 rings (SSSR count). The van der Waals surface area contributed by atoms with Crippen molar-refractivity contribution in [3.05, 3.63) is 12.4 Å². The van der Waals surface area contributed by atoms with Gasteiger partial charge in [0.25, 0.3) is 0 Å². The van der Waals surface area contributed by atoms with Gasteiger partial charge in [0.05, 0.1) is 17.9 Å². The summed E-state index contributed by atoms with van der Waals surface area (Å²) in [6.07, 6.45) is 9.79. The predicted octanol–water partition coefficient (Wildman–Crippen LogP) is 1.58. The van der Waals surface area contributed by atoms with Crippen LogP contribution in [-0.2, 0) is 9.59 Å². The molecule has 22 heavy (non-hydrogen) atoms. The van der Waals surface area contributed by atoms with Gasteiger partial charge in [-0.3, -0.25) is 14.3 Å². The molecule has 1 aromatic heterocycles. The Hall–Kier alpha value is -1.85. The fraction of sp³-hybridized carbons (Fsp3) is 0.688. The van der Waals surface area contributed by atoms with Crippen LogP contribution < -0.4 is 4.90 Å². The van der Waals surface area contributed by atoms with Crippen LogP contribution in [0.3, 0.4) is 0 Å². The molecule has 3 aliphatic rings. The predicted molar refractivity (Wildman–Crippen MR) is 81.4 cm³/mol. The number of aromatic nitrogens is 2. The number of amides is 2. The Morgan fingerprint density at radius 1 is 1.18 bits per heavy atom.